The van der Waals surface area contributed by atoms with E-state index in [9.17, 15) is 0 Å². The molecular weight excluding hydrogens is 256 g/mol. The predicted molar refractivity (Wildman–Crippen MR) is 75.8 cm³/mol. The van der Waals surface area contributed by atoms with Crippen LogP contribution in [0.5, 0.6) is 0 Å². The summed E-state index contributed by atoms with van der Waals surface area (Å²) in [5.41, 5.74) is 6.74. The number of nitrogens with two attached hydrogens (primary N) is 1. The van der Waals surface area contributed by atoms with E-state index in [1.165, 1.54) is 0 Å². The Hall–Kier alpha value is -1.73. The SMILES string of the molecule is Cn1ncc2c(N)nc(CN3CCC(CO)CC3)nc21. The summed E-state index contributed by atoms with van der Waals surface area (Å²) >= 11 is 0. The number of fused-ring (bicyclic) bond motifs is 1. The van der Waals surface area contributed by atoms with Gasteiger partial charge in [-0.15, -0.1) is 0 Å². The molecule has 2 aromatic rings. The van der Waals surface area contributed by atoms with Crippen LogP contribution in [0.4, 0.5) is 5.82 Å². The van der Waals surface area contributed by atoms with Crippen molar-refractivity contribution >= 4 is 16.9 Å². The zero-order chi connectivity index (χ0) is 14.1. The smallest absolute Gasteiger partial charge is 0.163 e. The third-order valence-corrected chi connectivity index (χ3v) is 4.00. The van der Waals surface area contributed by atoms with E-state index >= 15 is 0 Å². The molecule has 7 nitrogen and oxygen atoms in total. The second kappa shape index (κ2) is 5.34. The van der Waals surface area contributed by atoms with Crippen molar-refractivity contribution in [2.24, 2.45) is 13.0 Å². The maximum Gasteiger partial charge on any atom is 0.163 e. The van der Waals surface area contributed by atoms with Crippen molar-refractivity contribution in [1.82, 2.24) is 24.6 Å². The molecule has 0 aliphatic carbocycles. The zero-order valence-electron chi connectivity index (χ0n) is 11.7. The van der Waals surface area contributed by atoms with Crippen molar-refractivity contribution in [2.45, 2.75) is 19.4 Å². The third-order valence-electron chi connectivity index (χ3n) is 4.00. The fraction of sp³-hybridized carbons (Fsp3) is 0.615. The molecule has 20 heavy (non-hydrogen) atoms. The number of piperidine rings is 1. The molecule has 3 rings (SSSR count). The molecule has 3 heterocycles. The number of aromatic nitrogens is 4. The Morgan fingerprint density at radius 1 is 1.35 bits per heavy atom. The lowest BCUT2D eigenvalue weighted by atomic mass is 9.98. The highest BCUT2D eigenvalue weighted by Gasteiger charge is 2.20. The number of nitrogens with zero attached hydrogens (tertiary/aromatic N) is 5. The highest BCUT2D eigenvalue weighted by molar-refractivity contribution is 5.84. The Morgan fingerprint density at radius 2 is 2.10 bits per heavy atom. The zero-order valence-corrected chi connectivity index (χ0v) is 11.7. The fourth-order valence-electron chi connectivity index (χ4n) is 2.69. The highest BCUT2D eigenvalue weighted by atomic mass is 16.3. The van der Waals surface area contributed by atoms with Gasteiger partial charge in [-0.25, -0.2) is 9.97 Å². The molecule has 0 spiro atoms. The summed E-state index contributed by atoms with van der Waals surface area (Å²) < 4.78 is 1.72. The number of hydrogen-bond acceptors (Lipinski definition) is 6. The van der Waals surface area contributed by atoms with Crippen LogP contribution in [-0.4, -0.2) is 49.5 Å². The first-order valence-electron chi connectivity index (χ1n) is 6.94. The Labute approximate surface area is 117 Å². The number of aryl methyl sites for hydroxylation is 1. The summed E-state index contributed by atoms with van der Waals surface area (Å²) in [4.78, 5) is 11.2. The maximum atomic E-state index is 9.16. The molecule has 2 aromatic heterocycles. The molecule has 0 saturated carbocycles. The number of rotatable bonds is 3. The van der Waals surface area contributed by atoms with Gasteiger partial charge in [-0.05, 0) is 31.8 Å². The number of nitrogen functional groups attached to an aromatic ring is 1. The number of hydrogen-bond donors (Lipinski definition) is 2. The Balaban J connectivity index is 1.76. The monoisotopic (exact) mass is 276 g/mol. The molecule has 0 unspecified atom stereocenters. The van der Waals surface area contributed by atoms with Crippen molar-refractivity contribution in [2.75, 3.05) is 25.4 Å². The van der Waals surface area contributed by atoms with Crippen molar-refractivity contribution < 1.29 is 5.11 Å². The van der Waals surface area contributed by atoms with Crippen LogP contribution < -0.4 is 5.73 Å². The summed E-state index contributed by atoms with van der Waals surface area (Å²) in [6.07, 6.45) is 3.75. The van der Waals surface area contributed by atoms with Crippen LogP contribution in [0.1, 0.15) is 18.7 Å². The summed E-state index contributed by atoms with van der Waals surface area (Å²) in [5, 5.41) is 14.1. The second-order valence-corrected chi connectivity index (χ2v) is 5.43. The van der Waals surface area contributed by atoms with Gasteiger partial charge in [-0.3, -0.25) is 9.58 Å². The van der Waals surface area contributed by atoms with Crippen LogP contribution >= 0.6 is 0 Å². The minimum atomic E-state index is 0.290. The molecule has 7 heteroatoms. The van der Waals surface area contributed by atoms with Crippen LogP contribution in [0.15, 0.2) is 6.20 Å². The van der Waals surface area contributed by atoms with E-state index in [1.54, 1.807) is 10.9 Å². The first-order valence-corrected chi connectivity index (χ1v) is 6.94. The topological polar surface area (TPSA) is 93.1 Å². The molecular formula is C13H20N6O. The van der Waals surface area contributed by atoms with Gasteiger partial charge in [-0.1, -0.05) is 0 Å². The number of aliphatic hydroxyl groups is 1. The Morgan fingerprint density at radius 3 is 2.80 bits per heavy atom. The average Bonchev–Trinajstić information content (AvgIpc) is 2.82. The van der Waals surface area contributed by atoms with E-state index in [4.69, 9.17) is 10.8 Å². The van der Waals surface area contributed by atoms with Gasteiger partial charge < -0.3 is 10.8 Å². The first kappa shape index (κ1) is 13.3. The summed E-state index contributed by atoms with van der Waals surface area (Å²) in [5.74, 6) is 1.67. The molecule has 0 amide bonds. The van der Waals surface area contributed by atoms with E-state index in [1.807, 2.05) is 7.05 Å². The van der Waals surface area contributed by atoms with Gasteiger partial charge in [-0.2, -0.15) is 5.10 Å². The third kappa shape index (κ3) is 2.46. The van der Waals surface area contributed by atoms with Gasteiger partial charge in [0.05, 0.1) is 18.1 Å². The maximum absolute atomic E-state index is 9.16. The normalized spacial score (nSPS) is 17.9. The quantitative estimate of drug-likeness (QED) is 0.829. The average molecular weight is 276 g/mol. The van der Waals surface area contributed by atoms with Crippen LogP contribution in [0, 0.1) is 5.92 Å². The molecule has 1 aliphatic heterocycles. The van der Waals surface area contributed by atoms with Crippen LogP contribution in [0.25, 0.3) is 11.0 Å². The van der Waals surface area contributed by atoms with Crippen LogP contribution in [0.3, 0.4) is 0 Å². The van der Waals surface area contributed by atoms with Crippen LogP contribution in [0.2, 0.25) is 0 Å². The van der Waals surface area contributed by atoms with E-state index in [0.717, 1.165) is 42.8 Å². The van der Waals surface area contributed by atoms with E-state index in [-0.39, 0.29) is 6.61 Å². The van der Waals surface area contributed by atoms with Gasteiger partial charge in [0.25, 0.3) is 0 Å². The largest absolute Gasteiger partial charge is 0.396 e. The lowest BCUT2D eigenvalue weighted by molar-refractivity contribution is 0.125. The van der Waals surface area contributed by atoms with Gasteiger partial charge >= 0.3 is 0 Å². The van der Waals surface area contributed by atoms with Gasteiger partial charge in [0.1, 0.15) is 11.6 Å². The number of aliphatic hydroxyl groups excluding tert-OH is 1. The van der Waals surface area contributed by atoms with Crippen molar-refractivity contribution in [1.29, 1.82) is 0 Å². The fourth-order valence-corrected chi connectivity index (χ4v) is 2.69. The highest BCUT2D eigenvalue weighted by Crippen LogP contribution is 2.20. The molecule has 1 fully saturated rings. The van der Waals surface area contributed by atoms with Gasteiger partial charge in [0.2, 0.25) is 0 Å². The predicted octanol–water partition coefficient (Wildman–Crippen LogP) is 0.150. The summed E-state index contributed by atoms with van der Waals surface area (Å²) in [6.45, 7) is 2.93. The lowest BCUT2D eigenvalue weighted by Gasteiger charge is -2.30. The molecule has 1 saturated heterocycles. The molecule has 0 aromatic carbocycles. The molecule has 0 radical (unpaired) electrons. The molecule has 0 atom stereocenters. The molecule has 1 aliphatic rings. The summed E-state index contributed by atoms with van der Waals surface area (Å²) in [6, 6.07) is 0. The summed E-state index contributed by atoms with van der Waals surface area (Å²) in [7, 11) is 1.85. The van der Waals surface area contributed by atoms with Crippen LogP contribution in [-0.2, 0) is 13.6 Å². The second-order valence-electron chi connectivity index (χ2n) is 5.43. The van der Waals surface area contributed by atoms with E-state index in [0.29, 0.717) is 18.3 Å². The Bertz CT molecular complexity index is 602. The van der Waals surface area contributed by atoms with Gasteiger partial charge in [0.15, 0.2) is 5.65 Å². The van der Waals surface area contributed by atoms with Gasteiger partial charge in [0, 0.05) is 13.7 Å². The number of anilines is 1. The minimum Gasteiger partial charge on any atom is -0.396 e. The van der Waals surface area contributed by atoms with Crippen molar-refractivity contribution in [3.63, 3.8) is 0 Å². The molecule has 108 valence electrons. The Kier molecular flexibility index (Phi) is 3.54. The molecule has 0 bridgehead atoms. The van der Waals surface area contributed by atoms with Crippen molar-refractivity contribution in [3.8, 4) is 0 Å². The minimum absolute atomic E-state index is 0.290. The number of likely N-dealkylation sites (tertiary alicyclic amines) is 1. The lowest BCUT2D eigenvalue weighted by Crippen LogP contribution is -2.34. The molecule has 3 N–H and O–H groups in total. The van der Waals surface area contributed by atoms with E-state index in [2.05, 4.69) is 20.0 Å². The first-order chi connectivity index (χ1) is 9.67. The standard InChI is InChI=1S/C13H20N6O/c1-18-13-10(6-15-18)12(14)16-11(17-13)7-19-4-2-9(8-20)3-5-19/h6,9,20H,2-5,7-8H2,1H3,(H2,14,16,17). The van der Waals surface area contributed by atoms with E-state index < -0.39 is 0 Å². The van der Waals surface area contributed by atoms with Crippen molar-refractivity contribution in [3.05, 3.63) is 12.0 Å².